The minimum absolute atomic E-state index is 0.0165. The molecule has 0 saturated heterocycles. The number of carbonyl (C=O) groups is 1. The highest BCUT2D eigenvalue weighted by Gasteiger charge is 2.27. The van der Waals surface area contributed by atoms with Crippen LogP contribution in [0.3, 0.4) is 0 Å². The number of amides is 1. The number of hydrogen-bond acceptors (Lipinski definition) is 5. The van der Waals surface area contributed by atoms with E-state index in [0.29, 0.717) is 12.2 Å². The number of aliphatic hydroxyl groups is 1. The molecular formula is C26H36N2O4. The molecule has 1 amide bonds. The van der Waals surface area contributed by atoms with Crippen molar-refractivity contribution < 1.29 is 19.4 Å². The van der Waals surface area contributed by atoms with E-state index < -0.39 is 6.10 Å². The summed E-state index contributed by atoms with van der Waals surface area (Å²) in [5, 5.41) is 13.5. The normalized spacial score (nSPS) is 19.9. The molecule has 3 unspecified atom stereocenters. The first-order valence-corrected chi connectivity index (χ1v) is 11.6. The summed E-state index contributed by atoms with van der Waals surface area (Å²) in [6.07, 6.45) is 3.79. The molecule has 3 rings (SSSR count). The molecule has 0 bridgehead atoms. The SMILES string of the molecule is CCC(C)NC(=O)COc1ccc2c(c1)C(N)C(C[C@H](O)COc1ccccc1)CCC2. The van der Waals surface area contributed by atoms with Gasteiger partial charge in [-0.15, -0.1) is 0 Å². The molecule has 32 heavy (non-hydrogen) atoms. The molecule has 6 nitrogen and oxygen atoms in total. The zero-order valence-electron chi connectivity index (χ0n) is 19.1. The summed E-state index contributed by atoms with van der Waals surface area (Å²) in [5.41, 5.74) is 8.93. The fraction of sp³-hybridized carbons (Fsp3) is 0.500. The van der Waals surface area contributed by atoms with Crippen molar-refractivity contribution in [3.8, 4) is 11.5 Å². The highest BCUT2D eigenvalue weighted by atomic mass is 16.5. The molecule has 0 saturated carbocycles. The van der Waals surface area contributed by atoms with E-state index in [2.05, 4.69) is 11.4 Å². The Morgan fingerprint density at radius 3 is 2.72 bits per heavy atom. The van der Waals surface area contributed by atoms with Crippen LogP contribution in [0.5, 0.6) is 11.5 Å². The number of fused-ring (bicyclic) bond motifs is 1. The zero-order chi connectivity index (χ0) is 22.9. The molecule has 174 valence electrons. The van der Waals surface area contributed by atoms with Crippen LogP contribution in [0.4, 0.5) is 0 Å². The van der Waals surface area contributed by atoms with E-state index in [1.807, 2.05) is 56.3 Å². The van der Waals surface area contributed by atoms with Gasteiger partial charge in [-0.3, -0.25) is 4.79 Å². The molecule has 1 aliphatic carbocycles. The first kappa shape index (κ1) is 24.1. The third kappa shape index (κ3) is 6.97. The van der Waals surface area contributed by atoms with E-state index in [-0.39, 0.29) is 37.1 Å². The average molecular weight is 441 g/mol. The van der Waals surface area contributed by atoms with E-state index in [1.165, 1.54) is 5.56 Å². The van der Waals surface area contributed by atoms with E-state index in [1.54, 1.807) is 0 Å². The average Bonchev–Trinajstić information content (AvgIpc) is 2.95. The van der Waals surface area contributed by atoms with Gasteiger partial charge in [0.15, 0.2) is 6.61 Å². The molecular weight excluding hydrogens is 404 g/mol. The number of carbonyl (C=O) groups excluding carboxylic acids is 1. The molecule has 1 aliphatic rings. The van der Waals surface area contributed by atoms with Gasteiger partial charge in [-0.1, -0.05) is 31.2 Å². The number of aliphatic hydroxyl groups excluding tert-OH is 1. The van der Waals surface area contributed by atoms with Gasteiger partial charge in [0.25, 0.3) is 5.91 Å². The second-order valence-electron chi connectivity index (χ2n) is 8.72. The number of hydrogen-bond donors (Lipinski definition) is 3. The summed E-state index contributed by atoms with van der Waals surface area (Å²) in [7, 11) is 0. The van der Waals surface area contributed by atoms with Crippen LogP contribution in [0.25, 0.3) is 0 Å². The Balaban J connectivity index is 1.59. The maximum Gasteiger partial charge on any atom is 0.258 e. The maximum atomic E-state index is 12.0. The Hall–Kier alpha value is -2.57. The number of nitrogens with two attached hydrogens (primary N) is 1. The van der Waals surface area contributed by atoms with Crippen LogP contribution in [-0.2, 0) is 11.2 Å². The Morgan fingerprint density at radius 1 is 1.19 bits per heavy atom. The third-order valence-corrected chi connectivity index (χ3v) is 6.16. The molecule has 4 N–H and O–H groups in total. The quantitative estimate of drug-likeness (QED) is 0.489. The maximum absolute atomic E-state index is 12.0. The van der Waals surface area contributed by atoms with Gasteiger partial charge in [0, 0.05) is 12.1 Å². The van der Waals surface area contributed by atoms with Crippen molar-refractivity contribution in [3.05, 3.63) is 59.7 Å². The number of benzene rings is 2. The van der Waals surface area contributed by atoms with Crippen LogP contribution in [0.1, 0.15) is 56.7 Å². The molecule has 0 aliphatic heterocycles. The first-order valence-electron chi connectivity index (χ1n) is 11.6. The van der Waals surface area contributed by atoms with Crippen molar-refractivity contribution in [2.75, 3.05) is 13.2 Å². The lowest BCUT2D eigenvalue weighted by Gasteiger charge is -2.25. The summed E-state index contributed by atoms with van der Waals surface area (Å²) in [5.74, 6) is 1.42. The van der Waals surface area contributed by atoms with Gasteiger partial charge in [0.2, 0.25) is 0 Å². The van der Waals surface area contributed by atoms with Gasteiger partial charge in [-0.05, 0) is 80.3 Å². The molecule has 0 heterocycles. The van der Waals surface area contributed by atoms with Crippen molar-refractivity contribution in [1.82, 2.24) is 5.32 Å². The number of ether oxygens (including phenoxy) is 2. The van der Waals surface area contributed by atoms with Crippen molar-refractivity contribution in [1.29, 1.82) is 0 Å². The molecule has 4 atom stereocenters. The lowest BCUT2D eigenvalue weighted by molar-refractivity contribution is -0.123. The van der Waals surface area contributed by atoms with Gasteiger partial charge < -0.3 is 25.6 Å². The topological polar surface area (TPSA) is 93.8 Å². The molecule has 0 spiro atoms. The van der Waals surface area contributed by atoms with Gasteiger partial charge in [0.1, 0.15) is 18.1 Å². The zero-order valence-corrected chi connectivity index (χ0v) is 19.1. The van der Waals surface area contributed by atoms with E-state index in [9.17, 15) is 9.90 Å². The van der Waals surface area contributed by atoms with Crippen LogP contribution in [-0.4, -0.2) is 36.4 Å². The summed E-state index contributed by atoms with van der Waals surface area (Å²) in [6, 6.07) is 15.4. The first-order chi connectivity index (χ1) is 15.5. The smallest absolute Gasteiger partial charge is 0.258 e. The molecule has 2 aromatic carbocycles. The fourth-order valence-electron chi connectivity index (χ4n) is 4.15. The number of aryl methyl sites for hydroxylation is 1. The van der Waals surface area contributed by atoms with Crippen molar-refractivity contribution in [2.24, 2.45) is 11.7 Å². The standard InChI is InChI=1S/C26H36N2O4/c1-3-18(2)28-25(30)17-32-23-13-12-19-8-7-9-20(26(27)24(19)15-23)14-21(29)16-31-22-10-5-4-6-11-22/h4-6,10-13,15,18,20-21,26,29H,3,7-9,14,16-17,27H2,1-2H3,(H,28,30)/t18?,20?,21-,26?/m0/s1. The van der Waals surface area contributed by atoms with Crippen LogP contribution < -0.4 is 20.5 Å². The summed E-state index contributed by atoms with van der Waals surface area (Å²) >= 11 is 0. The van der Waals surface area contributed by atoms with Crippen molar-refractivity contribution >= 4 is 5.91 Å². The summed E-state index contributed by atoms with van der Waals surface area (Å²) < 4.78 is 11.4. The molecule has 0 fully saturated rings. The van der Waals surface area contributed by atoms with Crippen molar-refractivity contribution in [3.63, 3.8) is 0 Å². The lowest BCUT2D eigenvalue weighted by Crippen LogP contribution is -2.35. The third-order valence-electron chi connectivity index (χ3n) is 6.16. The van der Waals surface area contributed by atoms with Gasteiger partial charge >= 0.3 is 0 Å². The minimum atomic E-state index is -0.587. The predicted molar refractivity (Wildman–Crippen MR) is 126 cm³/mol. The minimum Gasteiger partial charge on any atom is -0.491 e. The van der Waals surface area contributed by atoms with Crippen molar-refractivity contribution in [2.45, 2.75) is 64.1 Å². The Bertz CT molecular complexity index is 858. The van der Waals surface area contributed by atoms with Crippen LogP contribution >= 0.6 is 0 Å². The number of para-hydroxylation sites is 1. The van der Waals surface area contributed by atoms with Crippen LogP contribution in [0.2, 0.25) is 0 Å². The largest absolute Gasteiger partial charge is 0.491 e. The second-order valence-corrected chi connectivity index (χ2v) is 8.72. The predicted octanol–water partition coefficient (Wildman–Crippen LogP) is 3.76. The molecule has 0 aromatic heterocycles. The fourth-order valence-corrected chi connectivity index (χ4v) is 4.15. The lowest BCUT2D eigenvalue weighted by atomic mass is 9.87. The van der Waals surface area contributed by atoms with E-state index in [0.717, 1.165) is 37.0 Å². The second kappa shape index (κ2) is 11.9. The number of rotatable bonds is 10. The summed E-state index contributed by atoms with van der Waals surface area (Å²) in [4.78, 5) is 12.0. The summed E-state index contributed by atoms with van der Waals surface area (Å²) in [6.45, 7) is 4.23. The molecule has 2 aromatic rings. The van der Waals surface area contributed by atoms with Crippen LogP contribution in [0.15, 0.2) is 48.5 Å². The monoisotopic (exact) mass is 440 g/mol. The number of nitrogens with one attached hydrogen (secondary N) is 1. The highest BCUT2D eigenvalue weighted by molar-refractivity contribution is 5.77. The van der Waals surface area contributed by atoms with Gasteiger partial charge in [-0.2, -0.15) is 0 Å². The molecule has 0 radical (unpaired) electrons. The Labute approximate surface area is 191 Å². The highest BCUT2D eigenvalue weighted by Crippen LogP contribution is 2.36. The molecule has 6 heteroatoms. The van der Waals surface area contributed by atoms with E-state index in [4.69, 9.17) is 15.2 Å². The Morgan fingerprint density at radius 2 is 1.97 bits per heavy atom. The van der Waals surface area contributed by atoms with Gasteiger partial charge in [-0.25, -0.2) is 0 Å². The van der Waals surface area contributed by atoms with Crippen LogP contribution in [0, 0.1) is 5.92 Å². The van der Waals surface area contributed by atoms with E-state index >= 15 is 0 Å². The van der Waals surface area contributed by atoms with Gasteiger partial charge in [0.05, 0.1) is 6.10 Å². The Kier molecular flexibility index (Phi) is 8.94.